The summed E-state index contributed by atoms with van der Waals surface area (Å²) in [5.41, 5.74) is -2.35. The van der Waals surface area contributed by atoms with E-state index in [0.717, 1.165) is 0 Å². The minimum Gasteiger partial charge on any atom is -0.461 e. The fourth-order valence-corrected chi connectivity index (χ4v) is 7.51. The molecule has 15 nitrogen and oxygen atoms in total. The maximum Gasteiger partial charge on any atom is 0.353 e. The Kier molecular flexibility index (Phi) is 11.3. The lowest BCUT2D eigenvalue weighted by atomic mass is 9.73. The summed E-state index contributed by atoms with van der Waals surface area (Å²) in [7, 11) is 0. The van der Waals surface area contributed by atoms with Crippen LogP contribution < -0.4 is 4.90 Å². The molecule has 1 aromatic rings. The molecule has 3 fully saturated rings. The van der Waals surface area contributed by atoms with E-state index in [0.29, 0.717) is 52.0 Å². The van der Waals surface area contributed by atoms with Gasteiger partial charge in [0.1, 0.15) is 11.4 Å². The molecule has 3 aliphatic rings. The molecular formula is C33H54N8O7. The number of esters is 2. The van der Waals surface area contributed by atoms with E-state index in [-0.39, 0.29) is 54.3 Å². The number of hydrogen-bond donors (Lipinski definition) is 2. The second-order valence-corrected chi connectivity index (χ2v) is 15.4. The second-order valence-electron chi connectivity index (χ2n) is 15.4. The summed E-state index contributed by atoms with van der Waals surface area (Å²) in [6.45, 7) is 21.0. The van der Waals surface area contributed by atoms with Gasteiger partial charge in [-0.25, -0.2) is 19.6 Å². The van der Waals surface area contributed by atoms with Crippen molar-refractivity contribution in [2.45, 2.75) is 117 Å². The lowest BCUT2D eigenvalue weighted by Crippen LogP contribution is -2.60. The first-order valence-corrected chi connectivity index (χ1v) is 16.9. The van der Waals surface area contributed by atoms with Crippen LogP contribution in [0, 0.1) is 11.8 Å². The summed E-state index contributed by atoms with van der Waals surface area (Å²) in [5, 5.41) is 24.5. The number of carbonyl (C=O) groups excluding carboxylic acids is 2. The van der Waals surface area contributed by atoms with Gasteiger partial charge in [0.05, 0.1) is 26.4 Å². The van der Waals surface area contributed by atoms with E-state index in [1.807, 2.05) is 60.3 Å². The topological polar surface area (TPSA) is 175 Å². The van der Waals surface area contributed by atoms with Crippen molar-refractivity contribution in [3.05, 3.63) is 0 Å². The number of anilines is 1. The Labute approximate surface area is 283 Å². The monoisotopic (exact) mass is 674 g/mol. The summed E-state index contributed by atoms with van der Waals surface area (Å²) in [6, 6.07) is 0. The Balaban J connectivity index is 1.88. The predicted molar refractivity (Wildman–Crippen MR) is 179 cm³/mol. The zero-order valence-electron chi connectivity index (χ0n) is 30.2. The molecule has 0 radical (unpaired) electrons. The van der Waals surface area contributed by atoms with E-state index in [1.165, 1.54) is 10.1 Å². The van der Waals surface area contributed by atoms with Crippen LogP contribution in [0.15, 0.2) is 9.98 Å². The molecule has 0 spiro atoms. The number of carbonyl (C=O) groups is 2. The molecule has 3 aliphatic heterocycles. The van der Waals surface area contributed by atoms with Crippen molar-refractivity contribution >= 4 is 41.2 Å². The number of aliphatic imine (C=N–C) groups is 2. The van der Waals surface area contributed by atoms with Crippen LogP contribution in [0.25, 0.3) is 0 Å². The third kappa shape index (κ3) is 8.36. The van der Waals surface area contributed by atoms with Gasteiger partial charge in [0, 0.05) is 47.1 Å². The van der Waals surface area contributed by atoms with E-state index in [9.17, 15) is 20.0 Å². The molecule has 268 valence electrons. The third-order valence-corrected chi connectivity index (χ3v) is 9.35. The highest BCUT2D eigenvalue weighted by molar-refractivity contribution is 6.38. The first kappa shape index (κ1) is 37.7. The lowest BCUT2D eigenvalue weighted by molar-refractivity contribution is -0.246. The van der Waals surface area contributed by atoms with E-state index >= 15 is 0 Å². The quantitative estimate of drug-likeness (QED) is 0.280. The highest BCUT2D eigenvalue weighted by atomic mass is 16.5. The largest absolute Gasteiger partial charge is 0.461 e. The van der Waals surface area contributed by atoms with Crippen molar-refractivity contribution in [3.63, 3.8) is 0 Å². The van der Waals surface area contributed by atoms with Crippen molar-refractivity contribution in [2.24, 2.45) is 21.8 Å². The Morgan fingerprint density at radius 3 is 1.40 bits per heavy atom. The van der Waals surface area contributed by atoms with Gasteiger partial charge < -0.3 is 29.5 Å². The van der Waals surface area contributed by atoms with Crippen LogP contribution in [0.1, 0.15) is 94.9 Å². The number of rotatable bonds is 9. The molecule has 4 heterocycles. The van der Waals surface area contributed by atoms with Crippen molar-refractivity contribution in [3.8, 4) is 0 Å². The molecule has 0 aliphatic carbocycles. The fraction of sp³-hybridized carbons (Fsp3) is 0.788. The molecular weight excluding hydrogens is 620 g/mol. The van der Waals surface area contributed by atoms with E-state index in [4.69, 9.17) is 24.2 Å². The molecule has 0 bridgehead atoms. The third-order valence-electron chi connectivity index (χ3n) is 9.35. The van der Waals surface area contributed by atoms with Gasteiger partial charge in [-0.2, -0.15) is 25.1 Å². The van der Waals surface area contributed by atoms with Crippen LogP contribution in [0.5, 0.6) is 0 Å². The van der Waals surface area contributed by atoms with Gasteiger partial charge in [-0.05, 0) is 94.9 Å². The fourth-order valence-electron chi connectivity index (χ4n) is 7.51. The number of hydroxylamine groups is 4. The van der Waals surface area contributed by atoms with Gasteiger partial charge in [-0.15, -0.1) is 0 Å². The zero-order valence-corrected chi connectivity index (χ0v) is 30.2. The van der Waals surface area contributed by atoms with Gasteiger partial charge >= 0.3 is 11.9 Å². The minimum atomic E-state index is -0.659. The molecule has 0 amide bonds. The maximum atomic E-state index is 13.5. The van der Waals surface area contributed by atoms with Crippen LogP contribution in [-0.2, 0) is 23.8 Å². The van der Waals surface area contributed by atoms with Gasteiger partial charge in [0.25, 0.3) is 11.9 Å². The van der Waals surface area contributed by atoms with E-state index in [2.05, 4.69) is 15.0 Å². The van der Waals surface area contributed by atoms with Gasteiger partial charge in [0.2, 0.25) is 5.95 Å². The van der Waals surface area contributed by atoms with Crippen molar-refractivity contribution in [1.29, 1.82) is 0 Å². The molecule has 3 saturated heterocycles. The molecule has 0 aromatic carbocycles. The number of nitrogens with zero attached hydrogens (tertiary/aromatic N) is 8. The smallest absolute Gasteiger partial charge is 0.353 e. The second kappa shape index (κ2) is 14.4. The van der Waals surface area contributed by atoms with Crippen molar-refractivity contribution in [1.82, 2.24) is 25.1 Å². The van der Waals surface area contributed by atoms with Crippen molar-refractivity contribution in [2.75, 3.05) is 44.4 Å². The minimum absolute atomic E-state index is 0.0515. The SMILES string of the molecule is CCOC(=O)C(=Nc1nc(N=C(C(=O)OCC)C2CC(C)(C)N(O)C(C)(C)C2)nc(N2CCOCC2)n1)C1CC(C)(C)N(O)C(C)(C)C1. The highest BCUT2D eigenvalue weighted by Crippen LogP contribution is 2.42. The van der Waals surface area contributed by atoms with Crippen LogP contribution >= 0.6 is 0 Å². The first-order valence-electron chi connectivity index (χ1n) is 16.9. The number of hydrogen-bond acceptors (Lipinski definition) is 15. The van der Waals surface area contributed by atoms with Gasteiger partial charge in [-0.1, -0.05) is 0 Å². The Morgan fingerprint density at radius 1 is 0.708 bits per heavy atom. The average Bonchev–Trinajstić information content (AvgIpc) is 3.00. The van der Waals surface area contributed by atoms with E-state index < -0.39 is 34.1 Å². The molecule has 1 aromatic heterocycles. The summed E-state index contributed by atoms with van der Waals surface area (Å²) in [4.78, 5) is 52.2. The standard InChI is InChI=1S/C33H54N8O7/c1-11-47-25(42)23(21-17-30(3,4)40(44)31(5,6)18-21)34-27-36-28(38-29(37-27)39-13-15-46-16-14-39)35-24(26(43)48-12-2)22-19-32(7,8)41(45)33(9,10)20-22/h21-22,44-45H,11-20H2,1-10H3. The van der Waals surface area contributed by atoms with Crippen LogP contribution in [0.2, 0.25) is 0 Å². The normalized spacial score (nSPS) is 24.0. The van der Waals surface area contributed by atoms with Gasteiger partial charge in [0.15, 0.2) is 0 Å². The summed E-state index contributed by atoms with van der Waals surface area (Å²) < 4.78 is 16.5. The lowest BCUT2D eigenvalue weighted by Gasteiger charge is -2.51. The maximum absolute atomic E-state index is 13.5. The average molecular weight is 675 g/mol. The molecule has 4 rings (SSSR count). The molecule has 15 heteroatoms. The number of morpholine rings is 1. The van der Waals surface area contributed by atoms with Gasteiger partial charge in [-0.3, -0.25) is 0 Å². The number of ether oxygens (including phenoxy) is 3. The molecule has 0 saturated carbocycles. The Morgan fingerprint density at radius 2 is 1.06 bits per heavy atom. The Bertz CT molecular complexity index is 1280. The number of piperidine rings is 2. The molecule has 2 N–H and O–H groups in total. The number of aromatic nitrogens is 3. The van der Waals surface area contributed by atoms with Crippen LogP contribution in [0.3, 0.4) is 0 Å². The summed E-state index contributed by atoms with van der Waals surface area (Å²) >= 11 is 0. The summed E-state index contributed by atoms with van der Waals surface area (Å²) in [6.07, 6.45) is 1.72. The van der Waals surface area contributed by atoms with Crippen LogP contribution in [-0.4, -0.2) is 121 Å². The highest BCUT2D eigenvalue weighted by Gasteiger charge is 2.49. The zero-order chi connectivity index (χ0) is 35.7. The van der Waals surface area contributed by atoms with E-state index in [1.54, 1.807) is 13.8 Å². The molecule has 48 heavy (non-hydrogen) atoms. The summed E-state index contributed by atoms with van der Waals surface area (Å²) in [5.74, 6) is -1.76. The Hall–Kier alpha value is -3.11. The molecule has 0 atom stereocenters. The molecule has 0 unspecified atom stereocenters. The van der Waals surface area contributed by atoms with Crippen molar-refractivity contribution < 1.29 is 34.2 Å². The predicted octanol–water partition coefficient (Wildman–Crippen LogP) is 4.30. The van der Waals surface area contributed by atoms with Crippen LogP contribution in [0.4, 0.5) is 17.8 Å². The first-order chi connectivity index (χ1) is 22.3.